The van der Waals surface area contributed by atoms with Crippen molar-refractivity contribution in [2.75, 3.05) is 0 Å². The lowest BCUT2D eigenvalue weighted by Crippen LogP contribution is -2.23. The number of primary sulfonamides is 1. The molecule has 0 bridgehead atoms. The Kier molecular flexibility index (Phi) is 4.71. The maximum atomic E-state index is 11.9. The fourth-order valence-corrected chi connectivity index (χ4v) is 2.50. The number of carbonyl (C=O) groups excluding carboxylic acids is 1. The summed E-state index contributed by atoms with van der Waals surface area (Å²) in [6.07, 6.45) is 3.05. The second-order valence-corrected chi connectivity index (χ2v) is 6.74. The predicted octanol–water partition coefficient (Wildman–Crippen LogP) is 1.42. The third-order valence-corrected chi connectivity index (χ3v) is 4.03. The monoisotopic (exact) mass is 369 g/mol. The second-order valence-electron chi connectivity index (χ2n) is 4.26. The van der Waals surface area contributed by atoms with Crippen molar-refractivity contribution in [2.45, 2.75) is 11.4 Å². The Morgan fingerprint density at radius 1 is 1.24 bits per heavy atom. The van der Waals surface area contributed by atoms with Gasteiger partial charge in [-0.2, -0.15) is 0 Å². The normalized spacial score (nSPS) is 11.1. The van der Waals surface area contributed by atoms with E-state index in [1.165, 1.54) is 18.3 Å². The fourth-order valence-electron chi connectivity index (χ4n) is 1.62. The highest BCUT2D eigenvalue weighted by atomic mass is 79.9. The van der Waals surface area contributed by atoms with Crippen molar-refractivity contribution in [3.05, 3.63) is 58.3 Å². The van der Waals surface area contributed by atoms with Crippen LogP contribution in [-0.4, -0.2) is 19.3 Å². The topological polar surface area (TPSA) is 102 Å². The number of benzene rings is 1. The Morgan fingerprint density at radius 2 is 1.90 bits per heavy atom. The zero-order valence-corrected chi connectivity index (χ0v) is 13.2. The first-order chi connectivity index (χ1) is 9.86. The molecule has 1 amide bonds. The molecular formula is C13H12BrN3O3S. The molecule has 0 unspecified atom stereocenters. The van der Waals surface area contributed by atoms with Crippen LogP contribution in [0, 0.1) is 0 Å². The number of sulfonamides is 1. The molecule has 8 heteroatoms. The van der Waals surface area contributed by atoms with Crippen LogP contribution in [0.3, 0.4) is 0 Å². The molecule has 1 aromatic carbocycles. The molecule has 0 fully saturated rings. The number of nitrogens with zero attached hydrogens (tertiary/aromatic N) is 1. The molecule has 110 valence electrons. The Hall–Kier alpha value is -1.77. The summed E-state index contributed by atoms with van der Waals surface area (Å²) in [4.78, 5) is 15.9. The van der Waals surface area contributed by atoms with Gasteiger partial charge in [0.25, 0.3) is 5.91 Å². The van der Waals surface area contributed by atoms with E-state index in [9.17, 15) is 13.2 Å². The first kappa shape index (κ1) is 15.6. The zero-order chi connectivity index (χ0) is 15.5. The quantitative estimate of drug-likeness (QED) is 0.850. The molecule has 3 N–H and O–H groups in total. The van der Waals surface area contributed by atoms with Crippen LogP contribution < -0.4 is 10.5 Å². The minimum absolute atomic E-state index is 0.0359. The lowest BCUT2D eigenvalue weighted by molar-refractivity contribution is 0.0950. The minimum Gasteiger partial charge on any atom is -0.348 e. The zero-order valence-electron chi connectivity index (χ0n) is 10.8. The van der Waals surface area contributed by atoms with Crippen LogP contribution in [0.15, 0.2) is 52.1 Å². The van der Waals surface area contributed by atoms with Crippen LogP contribution in [-0.2, 0) is 16.6 Å². The van der Waals surface area contributed by atoms with Crippen molar-refractivity contribution < 1.29 is 13.2 Å². The van der Waals surface area contributed by atoms with E-state index in [0.29, 0.717) is 10.0 Å². The molecule has 0 aliphatic carbocycles. The van der Waals surface area contributed by atoms with Gasteiger partial charge in [-0.3, -0.25) is 9.78 Å². The van der Waals surface area contributed by atoms with Gasteiger partial charge in [-0.1, -0.05) is 12.1 Å². The number of nitrogens with two attached hydrogens (primary N) is 1. The highest BCUT2D eigenvalue weighted by Gasteiger charge is 2.08. The van der Waals surface area contributed by atoms with E-state index in [-0.39, 0.29) is 17.3 Å². The molecule has 0 saturated heterocycles. The van der Waals surface area contributed by atoms with Crippen molar-refractivity contribution >= 4 is 31.9 Å². The Bertz CT molecular complexity index is 760. The van der Waals surface area contributed by atoms with E-state index in [1.807, 2.05) is 0 Å². The Labute approximate surface area is 130 Å². The summed E-state index contributed by atoms with van der Waals surface area (Å²) in [5.41, 5.74) is 1.20. The van der Waals surface area contributed by atoms with E-state index in [4.69, 9.17) is 5.14 Å². The van der Waals surface area contributed by atoms with Crippen molar-refractivity contribution in [1.82, 2.24) is 10.3 Å². The van der Waals surface area contributed by atoms with Crippen LogP contribution in [0.2, 0.25) is 0 Å². The number of aromatic nitrogens is 1. The summed E-state index contributed by atoms with van der Waals surface area (Å²) in [5, 5.41) is 7.73. The molecule has 0 saturated carbocycles. The predicted molar refractivity (Wildman–Crippen MR) is 80.9 cm³/mol. The molecule has 21 heavy (non-hydrogen) atoms. The maximum Gasteiger partial charge on any atom is 0.253 e. The van der Waals surface area contributed by atoms with Crippen molar-refractivity contribution in [1.29, 1.82) is 0 Å². The van der Waals surface area contributed by atoms with Crippen molar-refractivity contribution in [3.63, 3.8) is 0 Å². The number of carbonyl (C=O) groups is 1. The largest absolute Gasteiger partial charge is 0.348 e. The number of halogens is 1. The number of rotatable bonds is 4. The van der Waals surface area contributed by atoms with Crippen LogP contribution >= 0.6 is 15.9 Å². The Balaban J connectivity index is 2.02. The number of hydrogen-bond acceptors (Lipinski definition) is 4. The molecule has 0 spiro atoms. The number of pyridine rings is 1. The minimum atomic E-state index is -3.70. The molecule has 0 radical (unpaired) electrons. The number of hydrogen-bond donors (Lipinski definition) is 2. The van der Waals surface area contributed by atoms with Crippen LogP contribution in [0.1, 0.15) is 15.9 Å². The average molecular weight is 370 g/mol. The van der Waals surface area contributed by atoms with Gasteiger partial charge in [0, 0.05) is 23.4 Å². The van der Waals surface area contributed by atoms with Gasteiger partial charge in [0.1, 0.15) is 0 Å². The van der Waals surface area contributed by atoms with Gasteiger partial charge in [-0.15, -0.1) is 0 Å². The first-order valence-electron chi connectivity index (χ1n) is 5.87. The molecule has 1 aromatic heterocycles. The van der Waals surface area contributed by atoms with Gasteiger partial charge in [-0.25, -0.2) is 13.6 Å². The summed E-state index contributed by atoms with van der Waals surface area (Å²) in [6, 6.07) is 7.65. The van der Waals surface area contributed by atoms with Gasteiger partial charge < -0.3 is 5.32 Å². The molecule has 0 aliphatic heterocycles. The molecule has 0 atom stereocenters. The molecular weight excluding hydrogens is 358 g/mol. The summed E-state index contributed by atoms with van der Waals surface area (Å²) in [5.74, 6) is -0.265. The number of nitrogens with one attached hydrogen (secondary N) is 1. The van der Waals surface area contributed by atoms with Gasteiger partial charge in [-0.05, 0) is 39.7 Å². The molecule has 2 rings (SSSR count). The standard InChI is InChI=1S/C13H12BrN3O3S/c14-11-5-10(7-16-8-11)13(18)17-6-9-1-3-12(4-2-9)21(15,19)20/h1-5,7-8H,6H2,(H,17,18)(H2,15,19,20). The Morgan fingerprint density at radius 3 is 2.48 bits per heavy atom. The summed E-state index contributed by atoms with van der Waals surface area (Å²) >= 11 is 3.24. The number of amides is 1. The second kappa shape index (κ2) is 6.33. The van der Waals surface area contributed by atoms with Crippen LogP contribution in [0.5, 0.6) is 0 Å². The SMILES string of the molecule is NS(=O)(=O)c1ccc(CNC(=O)c2cncc(Br)c2)cc1. The van der Waals surface area contributed by atoms with Crippen LogP contribution in [0.25, 0.3) is 0 Å². The van der Waals surface area contributed by atoms with E-state index in [2.05, 4.69) is 26.2 Å². The summed E-state index contributed by atoms with van der Waals surface area (Å²) < 4.78 is 23.0. The average Bonchev–Trinajstić information content (AvgIpc) is 2.44. The van der Waals surface area contributed by atoms with Crippen molar-refractivity contribution in [2.24, 2.45) is 5.14 Å². The fraction of sp³-hybridized carbons (Fsp3) is 0.0769. The molecule has 0 aliphatic rings. The van der Waals surface area contributed by atoms with E-state index in [1.54, 1.807) is 24.4 Å². The maximum absolute atomic E-state index is 11.9. The van der Waals surface area contributed by atoms with Crippen LogP contribution in [0.4, 0.5) is 0 Å². The molecule has 2 aromatic rings. The van der Waals surface area contributed by atoms with E-state index < -0.39 is 10.0 Å². The third kappa shape index (κ3) is 4.35. The van der Waals surface area contributed by atoms with Gasteiger partial charge in [0.2, 0.25) is 10.0 Å². The lowest BCUT2D eigenvalue weighted by Gasteiger charge is -2.06. The highest BCUT2D eigenvalue weighted by molar-refractivity contribution is 9.10. The third-order valence-electron chi connectivity index (χ3n) is 2.67. The first-order valence-corrected chi connectivity index (χ1v) is 8.21. The van der Waals surface area contributed by atoms with Gasteiger partial charge >= 0.3 is 0 Å². The highest BCUT2D eigenvalue weighted by Crippen LogP contribution is 2.11. The molecule has 6 nitrogen and oxygen atoms in total. The molecule has 1 heterocycles. The van der Waals surface area contributed by atoms with E-state index in [0.717, 1.165) is 5.56 Å². The summed E-state index contributed by atoms with van der Waals surface area (Å²) in [6.45, 7) is 0.274. The van der Waals surface area contributed by atoms with E-state index >= 15 is 0 Å². The van der Waals surface area contributed by atoms with Gasteiger partial charge in [0.05, 0.1) is 10.5 Å². The smallest absolute Gasteiger partial charge is 0.253 e. The summed E-state index contributed by atoms with van der Waals surface area (Å²) in [7, 11) is -3.70. The van der Waals surface area contributed by atoms with Gasteiger partial charge in [0.15, 0.2) is 0 Å². The van der Waals surface area contributed by atoms with Crippen molar-refractivity contribution in [3.8, 4) is 0 Å². The lowest BCUT2D eigenvalue weighted by atomic mass is 10.2.